The molecule has 1 aliphatic heterocycles. The third kappa shape index (κ3) is 1.63. The number of halogens is 1. The molecule has 0 spiro atoms. The van der Waals surface area contributed by atoms with E-state index in [1.165, 1.54) is 25.9 Å². The summed E-state index contributed by atoms with van der Waals surface area (Å²) < 4.78 is 0. The predicted molar refractivity (Wildman–Crippen MR) is 20.9 cm³/mol. The maximum atomic E-state index is 2.36. The van der Waals surface area contributed by atoms with Crippen molar-refractivity contribution < 1.29 is 17.7 Å². The van der Waals surface area contributed by atoms with Crippen LogP contribution in [0.2, 0.25) is 0 Å². The molecule has 6 heavy (non-hydrogen) atoms. The minimum absolute atomic E-state index is 0. The van der Waals surface area contributed by atoms with Gasteiger partial charge in [0.1, 0.15) is 0 Å². The van der Waals surface area contributed by atoms with Crippen LogP contribution in [0.4, 0.5) is 0 Å². The summed E-state index contributed by atoms with van der Waals surface area (Å²) in [5.41, 5.74) is 0. The van der Waals surface area contributed by atoms with E-state index >= 15 is 0 Å². The quantitative estimate of drug-likeness (QED) is 0.329. The van der Waals surface area contributed by atoms with Crippen molar-refractivity contribution >= 4 is 0 Å². The van der Waals surface area contributed by atoms with Crippen molar-refractivity contribution in [1.29, 1.82) is 0 Å². The first-order valence-electron chi connectivity index (χ1n) is 2.32. The standard InChI is InChI=1S/C4H9N.ClH/c1-2-4-5-3-1;/h5H,1-4H2;1H. The van der Waals surface area contributed by atoms with Crippen molar-refractivity contribution in [3.63, 3.8) is 0 Å². The summed E-state index contributed by atoms with van der Waals surface area (Å²) in [5.74, 6) is 0. The summed E-state index contributed by atoms with van der Waals surface area (Å²) >= 11 is 0. The average Bonchev–Trinajstić information content (AvgIpc) is 1.76. The van der Waals surface area contributed by atoms with Gasteiger partial charge in [0, 0.05) is 12.8 Å². The van der Waals surface area contributed by atoms with Crippen molar-refractivity contribution in [3.8, 4) is 0 Å². The zero-order chi connectivity index (χ0) is 3.54. The van der Waals surface area contributed by atoms with Gasteiger partial charge in [-0.25, -0.2) is 0 Å². The van der Waals surface area contributed by atoms with E-state index in [2.05, 4.69) is 5.32 Å². The fourth-order valence-electron chi connectivity index (χ4n) is 0.722. The highest BCUT2D eigenvalue weighted by Crippen LogP contribution is 1.82. The first-order chi connectivity index (χ1) is 2.50. The van der Waals surface area contributed by atoms with Crippen LogP contribution in [0.5, 0.6) is 0 Å². The van der Waals surface area contributed by atoms with E-state index in [9.17, 15) is 0 Å². The lowest BCUT2D eigenvalue weighted by Gasteiger charge is -1.73. The van der Waals surface area contributed by atoms with Crippen molar-refractivity contribution in [2.24, 2.45) is 0 Å². The lowest BCUT2D eigenvalue weighted by molar-refractivity contribution is -0.635. The molecule has 0 atom stereocenters. The molecule has 1 nitrogen and oxygen atoms in total. The Morgan fingerprint density at radius 1 is 1.00 bits per heavy atom. The summed E-state index contributed by atoms with van der Waals surface area (Å²) in [6.07, 6.45) is 2.89. The SMILES string of the molecule is C1CC[NH2+]C1.[Cl-]. The molecule has 0 aliphatic carbocycles. The largest absolute Gasteiger partial charge is 1.00 e. The second-order valence-corrected chi connectivity index (χ2v) is 1.57. The van der Waals surface area contributed by atoms with Crippen LogP contribution in [0, 0.1) is 0 Å². The third-order valence-electron chi connectivity index (χ3n) is 1.07. The average molecular weight is 108 g/mol. The maximum absolute atomic E-state index is 2.36. The molecule has 0 unspecified atom stereocenters. The topological polar surface area (TPSA) is 16.6 Å². The molecule has 1 fully saturated rings. The Labute approximate surface area is 44.5 Å². The summed E-state index contributed by atoms with van der Waals surface area (Å²) in [6.45, 7) is 2.75. The van der Waals surface area contributed by atoms with E-state index in [1.807, 2.05) is 0 Å². The molecular formula is C4H10ClN. The van der Waals surface area contributed by atoms with Crippen molar-refractivity contribution in [2.45, 2.75) is 12.8 Å². The zero-order valence-corrected chi connectivity index (χ0v) is 4.54. The van der Waals surface area contributed by atoms with E-state index in [4.69, 9.17) is 0 Å². The van der Waals surface area contributed by atoms with Gasteiger partial charge in [-0.3, -0.25) is 0 Å². The van der Waals surface area contributed by atoms with Gasteiger partial charge < -0.3 is 17.7 Å². The molecule has 0 radical (unpaired) electrons. The molecule has 1 rings (SSSR count). The fraction of sp³-hybridized carbons (Fsp3) is 1.00. The second-order valence-electron chi connectivity index (χ2n) is 1.57. The van der Waals surface area contributed by atoms with E-state index in [1.54, 1.807) is 0 Å². The number of quaternary nitrogens is 1. The van der Waals surface area contributed by atoms with Crippen molar-refractivity contribution in [2.75, 3.05) is 13.1 Å². The predicted octanol–water partition coefficient (Wildman–Crippen LogP) is -3.65. The van der Waals surface area contributed by atoms with Crippen LogP contribution in [-0.2, 0) is 0 Å². The van der Waals surface area contributed by atoms with Gasteiger partial charge in [-0.2, -0.15) is 0 Å². The zero-order valence-electron chi connectivity index (χ0n) is 3.78. The number of rotatable bonds is 0. The highest BCUT2D eigenvalue weighted by atomic mass is 35.5. The molecule has 0 aromatic heterocycles. The molecule has 2 N–H and O–H groups in total. The van der Waals surface area contributed by atoms with E-state index in [-0.39, 0.29) is 12.4 Å². The first kappa shape index (κ1) is 6.25. The van der Waals surface area contributed by atoms with Crippen LogP contribution >= 0.6 is 0 Å². The molecular weight excluding hydrogens is 97.5 g/mol. The molecule has 1 heterocycles. The Bertz CT molecular complexity index is 19.1. The van der Waals surface area contributed by atoms with Gasteiger partial charge in [-0.05, 0) is 0 Å². The van der Waals surface area contributed by atoms with Gasteiger partial charge in [-0.1, -0.05) is 0 Å². The fourth-order valence-corrected chi connectivity index (χ4v) is 0.722. The van der Waals surface area contributed by atoms with Crippen molar-refractivity contribution in [1.82, 2.24) is 0 Å². The van der Waals surface area contributed by atoms with Gasteiger partial charge in [0.25, 0.3) is 0 Å². The number of hydrogen-bond acceptors (Lipinski definition) is 0. The van der Waals surface area contributed by atoms with Crippen LogP contribution in [-0.4, -0.2) is 13.1 Å². The van der Waals surface area contributed by atoms with Crippen LogP contribution in [0.25, 0.3) is 0 Å². The van der Waals surface area contributed by atoms with Crippen LogP contribution < -0.4 is 17.7 Å². The normalized spacial score (nSPS) is 20.0. The van der Waals surface area contributed by atoms with Crippen LogP contribution in [0.1, 0.15) is 12.8 Å². The Balaban J connectivity index is 0.000000250. The highest BCUT2D eigenvalue weighted by Gasteiger charge is 1.97. The van der Waals surface area contributed by atoms with Gasteiger partial charge in [-0.15, -0.1) is 0 Å². The van der Waals surface area contributed by atoms with Crippen LogP contribution in [0.15, 0.2) is 0 Å². The summed E-state index contributed by atoms with van der Waals surface area (Å²) in [6, 6.07) is 0. The second kappa shape index (κ2) is 3.44. The van der Waals surface area contributed by atoms with E-state index in [0.29, 0.717) is 0 Å². The lowest BCUT2D eigenvalue weighted by atomic mass is 10.4. The highest BCUT2D eigenvalue weighted by molar-refractivity contribution is 4.37. The number of nitrogens with two attached hydrogens (primary N) is 1. The monoisotopic (exact) mass is 107 g/mol. The lowest BCUT2D eigenvalue weighted by Crippen LogP contribution is -3.00. The smallest absolute Gasteiger partial charge is 0.0757 e. The molecule has 0 aromatic rings. The Morgan fingerprint density at radius 2 is 1.50 bits per heavy atom. The van der Waals surface area contributed by atoms with Gasteiger partial charge in [0.05, 0.1) is 13.1 Å². The van der Waals surface area contributed by atoms with Crippen molar-refractivity contribution in [3.05, 3.63) is 0 Å². The Hall–Kier alpha value is 0.250. The minimum Gasteiger partial charge on any atom is -1.00 e. The maximum Gasteiger partial charge on any atom is 0.0757 e. The van der Waals surface area contributed by atoms with E-state index < -0.39 is 0 Å². The first-order valence-corrected chi connectivity index (χ1v) is 2.32. The molecule has 0 bridgehead atoms. The molecule has 0 aromatic carbocycles. The molecule has 1 saturated heterocycles. The van der Waals surface area contributed by atoms with Gasteiger partial charge in [0.2, 0.25) is 0 Å². The van der Waals surface area contributed by atoms with Gasteiger partial charge >= 0.3 is 0 Å². The number of hydrogen-bond donors (Lipinski definition) is 1. The molecule has 0 amide bonds. The van der Waals surface area contributed by atoms with E-state index in [0.717, 1.165) is 0 Å². The summed E-state index contributed by atoms with van der Waals surface area (Å²) in [4.78, 5) is 0. The molecule has 1 aliphatic rings. The Kier molecular flexibility index (Phi) is 3.58. The Morgan fingerprint density at radius 3 is 1.67 bits per heavy atom. The summed E-state index contributed by atoms with van der Waals surface area (Å²) in [7, 11) is 0. The third-order valence-corrected chi connectivity index (χ3v) is 1.07. The molecule has 2 heteroatoms. The van der Waals surface area contributed by atoms with Crippen LogP contribution in [0.3, 0.4) is 0 Å². The minimum atomic E-state index is 0. The summed E-state index contributed by atoms with van der Waals surface area (Å²) in [5, 5.41) is 2.36. The molecule has 38 valence electrons. The van der Waals surface area contributed by atoms with Gasteiger partial charge in [0.15, 0.2) is 0 Å². The molecule has 0 saturated carbocycles.